The van der Waals surface area contributed by atoms with Crippen LogP contribution in [0.3, 0.4) is 0 Å². The highest BCUT2D eigenvalue weighted by Crippen LogP contribution is 2.23. The molecule has 0 bridgehead atoms. The molecule has 0 saturated carbocycles. The monoisotopic (exact) mass is 327 g/mol. The standard InChI is InChI=1S/C18H17NO3S/c1-13-5-8-16(12-14(13)2)19-23(20,21)17-9-6-15(7-10-17)18-4-3-11-22-18/h3-12,19H,1-2H3. The number of hydrogen-bond donors (Lipinski definition) is 1. The van der Waals surface area contributed by atoms with Crippen molar-refractivity contribution in [1.29, 1.82) is 0 Å². The molecule has 3 aromatic rings. The number of anilines is 1. The molecule has 0 radical (unpaired) electrons. The van der Waals surface area contributed by atoms with Crippen LogP contribution in [0.5, 0.6) is 0 Å². The zero-order valence-electron chi connectivity index (χ0n) is 12.9. The number of sulfonamides is 1. The van der Waals surface area contributed by atoms with Crippen molar-refractivity contribution < 1.29 is 12.8 Å². The van der Waals surface area contributed by atoms with E-state index in [-0.39, 0.29) is 4.90 Å². The number of rotatable bonds is 4. The molecule has 23 heavy (non-hydrogen) atoms. The molecule has 0 aliphatic carbocycles. The summed E-state index contributed by atoms with van der Waals surface area (Å²) in [5.41, 5.74) is 3.55. The van der Waals surface area contributed by atoms with E-state index in [4.69, 9.17) is 4.42 Å². The number of hydrogen-bond acceptors (Lipinski definition) is 3. The van der Waals surface area contributed by atoms with E-state index in [1.165, 1.54) is 0 Å². The van der Waals surface area contributed by atoms with Crippen molar-refractivity contribution >= 4 is 15.7 Å². The van der Waals surface area contributed by atoms with Gasteiger partial charge in [-0.05, 0) is 73.5 Å². The zero-order chi connectivity index (χ0) is 16.4. The van der Waals surface area contributed by atoms with Crippen molar-refractivity contribution in [3.63, 3.8) is 0 Å². The maximum absolute atomic E-state index is 12.5. The first-order valence-corrected chi connectivity index (χ1v) is 8.68. The van der Waals surface area contributed by atoms with Gasteiger partial charge < -0.3 is 4.42 Å². The molecule has 3 rings (SSSR count). The molecule has 0 saturated heterocycles. The molecule has 1 heterocycles. The SMILES string of the molecule is Cc1ccc(NS(=O)(=O)c2ccc(-c3ccco3)cc2)cc1C. The molecule has 0 aliphatic rings. The fraction of sp³-hybridized carbons (Fsp3) is 0.111. The first kappa shape index (κ1) is 15.4. The summed E-state index contributed by atoms with van der Waals surface area (Å²) in [6.45, 7) is 3.94. The van der Waals surface area contributed by atoms with Crippen LogP contribution in [-0.2, 0) is 10.0 Å². The molecule has 5 heteroatoms. The van der Waals surface area contributed by atoms with Gasteiger partial charge in [0, 0.05) is 11.3 Å². The Morgan fingerprint density at radius 3 is 2.26 bits per heavy atom. The van der Waals surface area contributed by atoms with Crippen LogP contribution in [0.1, 0.15) is 11.1 Å². The van der Waals surface area contributed by atoms with Gasteiger partial charge in [0.25, 0.3) is 10.0 Å². The molecule has 118 valence electrons. The molecule has 0 aliphatic heterocycles. The van der Waals surface area contributed by atoms with E-state index in [0.717, 1.165) is 16.7 Å². The van der Waals surface area contributed by atoms with Crippen LogP contribution in [0.4, 0.5) is 5.69 Å². The molecule has 0 amide bonds. The van der Waals surface area contributed by atoms with Crippen LogP contribution < -0.4 is 4.72 Å². The van der Waals surface area contributed by atoms with Gasteiger partial charge in [-0.25, -0.2) is 8.42 Å². The molecule has 0 fully saturated rings. The van der Waals surface area contributed by atoms with Crippen LogP contribution in [0.2, 0.25) is 0 Å². The number of benzene rings is 2. The summed E-state index contributed by atoms with van der Waals surface area (Å²) < 4.78 is 32.8. The van der Waals surface area contributed by atoms with Crippen LogP contribution in [0, 0.1) is 13.8 Å². The van der Waals surface area contributed by atoms with Crippen molar-refractivity contribution in [3.05, 3.63) is 72.0 Å². The van der Waals surface area contributed by atoms with Gasteiger partial charge in [-0.2, -0.15) is 0 Å². The molecule has 1 aromatic heterocycles. The van der Waals surface area contributed by atoms with Gasteiger partial charge in [-0.3, -0.25) is 4.72 Å². The molecule has 0 atom stereocenters. The smallest absolute Gasteiger partial charge is 0.261 e. The third-order valence-corrected chi connectivity index (χ3v) is 5.13. The number of aryl methyl sites for hydroxylation is 2. The Morgan fingerprint density at radius 2 is 1.65 bits per heavy atom. The minimum atomic E-state index is -3.61. The Kier molecular flexibility index (Phi) is 3.96. The topological polar surface area (TPSA) is 59.3 Å². The largest absolute Gasteiger partial charge is 0.464 e. The van der Waals surface area contributed by atoms with Crippen LogP contribution in [0.25, 0.3) is 11.3 Å². The van der Waals surface area contributed by atoms with Gasteiger partial charge in [-0.1, -0.05) is 6.07 Å². The Balaban J connectivity index is 1.86. The Hall–Kier alpha value is -2.53. The van der Waals surface area contributed by atoms with Crippen LogP contribution in [-0.4, -0.2) is 8.42 Å². The molecular formula is C18H17NO3S. The second-order valence-corrected chi connectivity index (χ2v) is 7.09. The minimum Gasteiger partial charge on any atom is -0.464 e. The van der Waals surface area contributed by atoms with E-state index in [9.17, 15) is 8.42 Å². The van der Waals surface area contributed by atoms with Gasteiger partial charge in [0.1, 0.15) is 5.76 Å². The average Bonchev–Trinajstić information content (AvgIpc) is 3.05. The Morgan fingerprint density at radius 1 is 0.913 bits per heavy atom. The lowest BCUT2D eigenvalue weighted by Crippen LogP contribution is -2.13. The van der Waals surface area contributed by atoms with Crippen molar-refractivity contribution in [2.45, 2.75) is 18.7 Å². The van der Waals surface area contributed by atoms with Gasteiger partial charge in [0.05, 0.1) is 11.2 Å². The van der Waals surface area contributed by atoms with Crippen LogP contribution in [0.15, 0.2) is 70.2 Å². The van der Waals surface area contributed by atoms with Crippen molar-refractivity contribution in [2.24, 2.45) is 0 Å². The van der Waals surface area contributed by atoms with Gasteiger partial charge in [0.15, 0.2) is 0 Å². The molecule has 2 aromatic carbocycles. The van der Waals surface area contributed by atoms with Gasteiger partial charge >= 0.3 is 0 Å². The summed E-state index contributed by atoms with van der Waals surface area (Å²) in [6.07, 6.45) is 1.58. The van der Waals surface area contributed by atoms with E-state index >= 15 is 0 Å². The molecule has 0 spiro atoms. The summed E-state index contributed by atoms with van der Waals surface area (Å²) in [6, 6.07) is 15.7. The predicted octanol–water partition coefficient (Wildman–Crippen LogP) is 4.36. The zero-order valence-corrected chi connectivity index (χ0v) is 13.7. The van der Waals surface area contributed by atoms with Gasteiger partial charge in [0.2, 0.25) is 0 Å². The Bertz CT molecular complexity index is 911. The molecular weight excluding hydrogens is 310 g/mol. The van der Waals surface area contributed by atoms with E-state index in [0.29, 0.717) is 11.4 Å². The second kappa shape index (κ2) is 5.93. The molecule has 4 nitrogen and oxygen atoms in total. The second-order valence-electron chi connectivity index (χ2n) is 5.41. The van der Waals surface area contributed by atoms with Crippen molar-refractivity contribution in [2.75, 3.05) is 4.72 Å². The lowest BCUT2D eigenvalue weighted by Gasteiger charge is -2.10. The van der Waals surface area contributed by atoms with E-state index < -0.39 is 10.0 Å². The van der Waals surface area contributed by atoms with Crippen molar-refractivity contribution in [1.82, 2.24) is 0 Å². The fourth-order valence-electron chi connectivity index (χ4n) is 2.26. The highest BCUT2D eigenvalue weighted by Gasteiger charge is 2.14. The Labute approximate surface area is 135 Å². The maximum Gasteiger partial charge on any atom is 0.261 e. The quantitative estimate of drug-likeness (QED) is 0.774. The molecule has 1 N–H and O–H groups in total. The van der Waals surface area contributed by atoms with Crippen molar-refractivity contribution in [3.8, 4) is 11.3 Å². The number of furan rings is 1. The van der Waals surface area contributed by atoms with E-state index in [1.807, 2.05) is 32.0 Å². The highest BCUT2D eigenvalue weighted by atomic mass is 32.2. The fourth-order valence-corrected chi connectivity index (χ4v) is 3.31. The first-order valence-electron chi connectivity index (χ1n) is 7.20. The van der Waals surface area contributed by atoms with E-state index in [1.54, 1.807) is 42.7 Å². The number of nitrogens with one attached hydrogen (secondary N) is 1. The van der Waals surface area contributed by atoms with Crippen LogP contribution >= 0.6 is 0 Å². The highest BCUT2D eigenvalue weighted by molar-refractivity contribution is 7.92. The summed E-state index contributed by atoms with van der Waals surface area (Å²) in [4.78, 5) is 0.214. The third kappa shape index (κ3) is 3.29. The lowest BCUT2D eigenvalue weighted by molar-refractivity contribution is 0.582. The average molecular weight is 327 g/mol. The predicted molar refractivity (Wildman–Crippen MR) is 90.9 cm³/mol. The molecule has 0 unspecified atom stereocenters. The minimum absolute atomic E-state index is 0.214. The maximum atomic E-state index is 12.5. The summed E-state index contributed by atoms with van der Waals surface area (Å²) >= 11 is 0. The first-order chi connectivity index (χ1) is 11.0. The summed E-state index contributed by atoms with van der Waals surface area (Å²) in [5, 5.41) is 0. The van der Waals surface area contributed by atoms with Gasteiger partial charge in [-0.15, -0.1) is 0 Å². The third-order valence-electron chi connectivity index (χ3n) is 3.73. The lowest BCUT2D eigenvalue weighted by atomic mass is 10.1. The van der Waals surface area contributed by atoms with E-state index in [2.05, 4.69) is 4.72 Å². The normalized spacial score (nSPS) is 11.4. The summed E-state index contributed by atoms with van der Waals surface area (Å²) in [5.74, 6) is 0.705. The summed E-state index contributed by atoms with van der Waals surface area (Å²) in [7, 11) is -3.61.